The quantitative estimate of drug-likeness (QED) is 0.619. The van der Waals surface area contributed by atoms with Crippen LogP contribution in [0.2, 0.25) is 0 Å². The number of carbonyl (C=O) groups is 2. The fourth-order valence-corrected chi connectivity index (χ4v) is 2.12. The van der Waals surface area contributed by atoms with E-state index < -0.39 is 30.1 Å². The van der Waals surface area contributed by atoms with Crippen LogP contribution in [0, 0.1) is 11.6 Å². The van der Waals surface area contributed by atoms with Crippen molar-refractivity contribution >= 4 is 23.6 Å². The summed E-state index contributed by atoms with van der Waals surface area (Å²) in [6.07, 6.45) is 2.78. The molecular formula is C20H19F2NO3. The summed E-state index contributed by atoms with van der Waals surface area (Å²) in [6, 6.07) is 10.4. The first kappa shape index (κ1) is 19.3. The molecular weight excluding hydrogens is 340 g/mol. The van der Waals surface area contributed by atoms with Crippen molar-refractivity contribution in [2.75, 3.05) is 11.9 Å². The van der Waals surface area contributed by atoms with Crippen molar-refractivity contribution in [3.8, 4) is 0 Å². The number of rotatable bonds is 6. The van der Waals surface area contributed by atoms with Gasteiger partial charge in [0, 0.05) is 12.1 Å². The highest BCUT2D eigenvalue weighted by atomic mass is 19.1. The second-order valence-corrected chi connectivity index (χ2v) is 5.93. The van der Waals surface area contributed by atoms with Crippen LogP contribution in [0.25, 0.3) is 6.08 Å². The highest BCUT2D eigenvalue weighted by Gasteiger charge is 2.09. The molecule has 0 aliphatic rings. The maximum Gasteiger partial charge on any atom is 0.331 e. The minimum Gasteiger partial charge on any atom is -0.452 e. The van der Waals surface area contributed by atoms with Crippen LogP contribution < -0.4 is 5.32 Å². The lowest BCUT2D eigenvalue weighted by atomic mass is 10.0. The first-order chi connectivity index (χ1) is 12.3. The van der Waals surface area contributed by atoms with E-state index in [4.69, 9.17) is 4.74 Å². The average molecular weight is 359 g/mol. The Labute approximate surface area is 150 Å². The molecule has 4 nitrogen and oxygen atoms in total. The molecule has 1 amide bonds. The van der Waals surface area contributed by atoms with Crippen molar-refractivity contribution in [3.63, 3.8) is 0 Å². The molecule has 0 bridgehead atoms. The van der Waals surface area contributed by atoms with Gasteiger partial charge in [0.1, 0.15) is 11.6 Å². The van der Waals surface area contributed by atoms with Crippen molar-refractivity contribution in [3.05, 3.63) is 71.3 Å². The summed E-state index contributed by atoms with van der Waals surface area (Å²) in [6.45, 7) is 3.60. The van der Waals surface area contributed by atoms with E-state index in [9.17, 15) is 18.4 Å². The molecule has 6 heteroatoms. The number of hydrogen-bond acceptors (Lipinski definition) is 3. The third kappa shape index (κ3) is 5.81. The van der Waals surface area contributed by atoms with Crippen LogP contribution in [-0.4, -0.2) is 18.5 Å². The Hall–Kier alpha value is -3.02. The Kier molecular flexibility index (Phi) is 6.60. The van der Waals surface area contributed by atoms with Crippen LogP contribution in [0.5, 0.6) is 0 Å². The molecule has 0 atom stereocenters. The molecule has 0 heterocycles. The smallest absolute Gasteiger partial charge is 0.331 e. The fourth-order valence-electron chi connectivity index (χ4n) is 2.12. The molecule has 0 aromatic heterocycles. The van der Waals surface area contributed by atoms with Crippen LogP contribution >= 0.6 is 0 Å². The SMILES string of the molecule is CC(C)c1ccc(/C=C/C(=O)OCC(=O)Nc2ccc(F)cc2F)cc1. The molecule has 0 radical (unpaired) electrons. The Bertz CT molecular complexity index is 814. The van der Waals surface area contributed by atoms with E-state index in [1.54, 1.807) is 6.08 Å². The van der Waals surface area contributed by atoms with Gasteiger partial charge >= 0.3 is 5.97 Å². The zero-order valence-electron chi connectivity index (χ0n) is 14.5. The number of hydrogen-bond donors (Lipinski definition) is 1. The molecule has 2 rings (SSSR count). The van der Waals surface area contributed by atoms with Crippen LogP contribution in [0.1, 0.15) is 30.9 Å². The van der Waals surface area contributed by atoms with Crippen LogP contribution in [0.15, 0.2) is 48.5 Å². The second-order valence-electron chi connectivity index (χ2n) is 5.93. The zero-order valence-corrected chi connectivity index (χ0v) is 14.5. The van der Waals surface area contributed by atoms with Gasteiger partial charge in [-0.25, -0.2) is 13.6 Å². The Balaban J connectivity index is 1.83. The Morgan fingerprint density at radius 3 is 2.42 bits per heavy atom. The number of anilines is 1. The van der Waals surface area contributed by atoms with E-state index in [-0.39, 0.29) is 5.69 Å². The van der Waals surface area contributed by atoms with Crippen LogP contribution in [0.3, 0.4) is 0 Å². The van der Waals surface area contributed by atoms with Gasteiger partial charge in [0.2, 0.25) is 0 Å². The molecule has 0 aliphatic carbocycles. The first-order valence-electron chi connectivity index (χ1n) is 8.05. The van der Waals surface area contributed by atoms with Crippen molar-refractivity contribution in [1.82, 2.24) is 0 Å². The molecule has 1 N–H and O–H groups in total. The van der Waals surface area contributed by atoms with Crippen LogP contribution in [-0.2, 0) is 14.3 Å². The summed E-state index contributed by atoms with van der Waals surface area (Å²) in [5, 5.41) is 2.20. The fraction of sp³-hybridized carbons (Fsp3) is 0.200. The topological polar surface area (TPSA) is 55.4 Å². The molecule has 0 saturated carbocycles. The van der Waals surface area contributed by atoms with E-state index in [0.717, 1.165) is 17.7 Å². The lowest BCUT2D eigenvalue weighted by Crippen LogP contribution is -2.20. The van der Waals surface area contributed by atoms with E-state index in [1.807, 2.05) is 24.3 Å². The normalized spacial score (nSPS) is 11.0. The molecule has 0 fully saturated rings. The zero-order chi connectivity index (χ0) is 19.1. The van der Waals surface area contributed by atoms with E-state index >= 15 is 0 Å². The molecule has 26 heavy (non-hydrogen) atoms. The van der Waals surface area contributed by atoms with Gasteiger partial charge in [0.05, 0.1) is 5.69 Å². The molecule has 0 saturated heterocycles. The monoisotopic (exact) mass is 359 g/mol. The predicted octanol–water partition coefficient (Wildman–Crippen LogP) is 4.28. The largest absolute Gasteiger partial charge is 0.452 e. The van der Waals surface area contributed by atoms with Crippen molar-refractivity contribution in [2.24, 2.45) is 0 Å². The van der Waals surface area contributed by atoms with Gasteiger partial charge in [-0.2, -0.15) is 0 Å². The highest BCUT2D eigenvalue weighted by Crippen LogP contribution is 2.16. The molecule has 0 spiro atoms. The number of halogens is 2. The predicted molar refractivity (Wildman–Crippen MR) is 95.5 cm³/mol. The number of ether oxygens (including phenoxy) is 1. The summed E-state index contributed by atoms with van der Waals surface area (Å²) in [5.41, 5.74) is 1.83. The summed E-state index contributed by atoms with van der Waals surface area (Å²) in [5.74, 6) is -2.67. The molecule has 136 valence electrons. The number of carbonyl (C=O) groups excluding carboxylic acids is 2. The van der Waals surface area contributed by atoms with Crippen molar-refractivity contribution in [1.29, 1.82) is 0 Å². The van der Waals surface area contributed by atoms with Gasteiger partial charge in [-0.1, -0.05) is 38.1 Å². The standard InChI is InChI=1S/C20H19F2NO3/c1-13(2)15-6-3-14(4-7-15)5-10-20(25)26-12-19(24)23-18-9-8-16(21)11-17(18)22/h3-11,13H,12H2,1-2H3,(H,23,24)/b10-5+. The maximum atomic E-state index is 13.4. The highest BCUT2D eigenvalue weighted by molar-refractivity contribution is 5.94. The van der Waals surface area contributed by atoms with E-state index in [2.05, 4.69) is 19.2 Å². The molecule has 2 aromatic carbocycles. The van der Waals surface area contributed by atoms with Gasteiger partial charge < -0.3 is 10.1 Å². The number of esters is 1. The van der Waals surface area contributed by atoms with Gasteiger partial charge in [0.25, 0.3) is 5.91 Å². The van der Waals surface area contributed by atoms with Crippen molar-refractivity contribution in [2.45, 2.75) is 19.8 Å². The van der Waals surface area contributed by atoms with Gasteiger partial charge in [-0.3, -0.25) is 4.79 Å². The summed E-state index contributed by atoms with van der Waals surface area (Å²) in [4.78, 5) is 23.3. The summed E-state index contributed by atoms with van der Waals surface area (Å²) in [7, 11) is 0. The van der Waals surface area contributed by atoms with Crippen LogP contribution in [0.4, 0.5) is 14.5 Å². The maximum absolute atomic E-state index is 13.4. The summed E-state index contributed by atoms with van der Waals surface area (Å²) >= 11 is 0. The third-order valence-electron chi connectivity index (χ3n) is 3.57. The third-order valence-corrected chi connectivity index (χ3v) is 3.57. The molecule has 0 aliphatic heterocycles. The lowest BCUT2D eigenvalue weighted by molar-refractivity contribution is -0.142. The van der Waals surface area contributed by atoms with Crippen molar-refractivity contribution < 1.29 is 23.1 Å². The second kappa shape index (κ2) is 8.89. The number of amides is 1. The minimum absolute atomic E-state index is 0.187. The molecule has 0 unspecified atom stereocenters. The van der Waals surface area contributed by atoms with Gasteiger partial charge in [-0.05, 0) is 35.3 Å². The Morgan fingerprint density at radius 1 is 1.12 bits per heavy atom. The summed E-state index contributed by atoms with van der Waals surface area (Å²) < 4.78 is 31.0. The van der Waals surface area contributed by atoms with Gasteiger partial charge in [0.15, 0.2) is 6.61 Å². The average Bonchev–Trinajstić information content (AvgIpc) is 2.61. The van der Waals surface area contributed by atoms with E-state index in [1.165, 1.54) is 11.6 Å². The number of nitrogens with one attached hydrogen (secondary N) is 1. The minimum atomic E-state index is -0.908. The Morgan fingerprint density at radius 2 is 1.81 bits per heavy atom. The number of benzene rings is 2. The van der Waals surface area contributed by atoms with E-state index in [0.29, 0.717) is 12.0 Å². The molecule has 2 aromatic rings. The lowest BCUT2D eigenvalue weighted by Gasteiger charge is -2.06. The first-order valence-corrected chi connectivity index (χ1v) is 8.05. The van der Waals surface area contributed by atoms with Gasteiger partial charge in [-0.15, -0.1) is 0 Å².